The normalized spacial score (nSPS) is 13.6. The van der Waals surface area contributed by atoms with Crippen LogP contribution in [0.2, 0.25) is 0 Å². The summed E-state index contributed by atoms with van der Waals surface area (Å²) in [5, 5.41) is 6.78. The Bertz CT molecular complexity index is 4580. The van der Waals surface area contributed by atoms with E-state index in [1.807, 2.05) is 30.3 Å². The molecule has 74 heavy (non-hydrogen) atoms. The fourth-order valence-corrected chi connectivity index (χ4v) is 12.3. The number of pyridine rings is 1. The molecular formula is C67H59N5OPt. The van der Waals surface area contributed by atoms with E-state index in [0.29, 0.717) is 22.9 Å². The first-order valence-electron chi connectivity index (χ1n) is 27.0. The fraction of sp³-hybridized carbons (Fsp3) is 0.194. The van der Waals surface area contributed by atoms with Gasteiger partial charge in [-0.05, 0) is 35.0 Å². The third kappa shape index (κ3) is 7.31. The number of nitrogens with zero attached hydrogens (tertiary/aromatic N) is 5. The molecule has 0 aliphatic heterocycles. The molecule has 0 saturated heterocycles. The third-order valence-electron chi connectivity index (χ3n) is 15.2. The molecule has 5 heterocycles. The van der Waals surface area contributed by atoms with Crippen LogP contribution in [0, 0.1) is 10.7 Å². The summed E-state index contributed by atoms with van der Waals surface area (Å²) in [6.07, 6.45) is 1.74. The Hall–Kier alpha value is -7.53. The molecule has 368 valence electrons. The number of rotatable bonds is 6. The van der Waals surface area contributed by atoms with Crippen molar-refractivity contribution in [1.29, 1.82) is 0 Å². The van der Waals surface area contributed by atoms with Gasteiger partial charge in [-0.3, -0.25) is 0 Å². The molecular weight excluding hydrogens is 1090 g/mol. The van der Waals surface area contributed by atoms with Crippen LogP contribution in [-0.2, 0) is 35.6 Å². The smallest absolute Gasteiger partial charge is 0.0579 e. The Morgan fingerprint density at radius 2 is 1.03 bits per heavy atom. The first-order valence-corrected chi connectivity index (χ1v) is 26.6. The Labute approximate surface area is 447 Å². The number of ether oxygens (including phenoxy) is 1. The van der Waals surface area contributed by atoms with E-state index < -0.39 is 6.85 Å². The molecule has 0 amide bonds. The zero-order valence-electron chi connectivity index (χ0n) is 46.2. The van der Waals surface area contributed by atoms with Crippen molar-refractivity contribution in [2.75, 3.05) is 0 Å². The summed E-state index contributed by atoms with van der Waals surface area (Å²) in [5.41, 5.74) is 14.7. The fourth-order valence-electron chi connectivity index (χ4n) is 11.2. The van der Waals surface area contributed by atoms with E-state index >= 15 is 0 Å². The molecule has 0 saturated carbocycles. The van der Waals surface area contributed by atoms with Gasteiger partial charge in [0.25, 0.3) is 0 Å². The van der Waals surface area contributed by atoms with E-state index in [2.05, 4.69) is 233 Å². The molecule has 13 aromatic rings. The molecule has 0 atom stereocenters. The summed E-state index contributed by atoms with van der Waals surface area (Å²) in [5.74, 6) is 1.82. The van der Waals surface area contributed by atoms with Gasteiger partial charge >= 0.3 is 275 Å². The second-order valence-electron chi connectivity index (χ2n) is 23.1. The molecule has 0 aliphatic rings. The average Bonchev–Trinajstić information content (AvgIpc) is 4.04. The maximum atomic E-state index is 8.92. The molecule has 0 N–H and O–H groups in total. The summed E-state index contributed by atoms with van der Waals surface area (Å²) in [4.78, 5) is 5.16. The third-order valence-corrected chi connectivity index (χ3v) is 16.2. The van der Waals surface area contributed by atoms with E-state index in [9.17, 15) is 0 Å². The quantitative estimate of drug-likeness (QED) is 0.166. The zero-order valence-corrected chi connectivity index (χ0v) is 45.5. The van der Waals surface area contributed by atoms with Gasteiger partial charge in [-0.1, -0.05) is 81.4 Å². The van der Waals surface area contributed by atoms with E-state index in [1.165, 1.54) is 38.4 Å². The van der Waals surface area contributed by atoms with Crippen molar-refractivity contribution in [1.82, 2.24) is 23.1 Å². The number of fused-ring (bicyclic) bond motifs is 10. The van der Waals surface area contributed by atoms with Crippen LogP contribution in [0.4, 0.5) is 0 Å². The molecule has 0 radical (unpaired) electrons. The summed E-state index contributed by atoms with van der Waals surface area (Å²) in [7, 11) is 0. The molecule has 7 heteroatoms. The SMILES string of the molecule is [2H]C([2H])([2H])c1cc(-n2c3cc(Oc4cccc(-n5[c](=[Pt])n(-c6cc(C(C)(C)C)cc(C(C)(C)C)c6)c6ccccc65)c4)ccc3c3cc4c5cccc6c7ccccc7n(c4cc32)c65)ncc1-c1ccc(C(C)(C)C)cc1. The molecule has 0 spiro atoms. The maximum absolute atomic E-state index is 8.92. The van der Waals surface area contributed by atoms with E-state index in [-0.39, 0.29) is 21.8 Å². The van der Waals surface area contributed by atoms with E-state index in [1.54, 1.807) is 12.3 Å². The van der Waals surface area contributed by atoms with Crippen molar-refractivity contribution in [3.05, 3.63) is 202 Å². The number of hydrogen-bond acceptors (Lipinski definition) is 2. The van der Waals surface area contributed by atoms with E-state index in [4.69, 9.17) is 13.8 Å². The number of aryl methyl sites for hydroxylation is 1. The minimum absolute atomic E-state index is 0.0395. The second kappa shape index (κ2) is 16.5. The monoisotopic (exact) mass is 1150 g/mol. The number of para-hydroxylation sites is 4. The Morgan fingerprint density at radius 3 is 1.72 bits per heavy atom. The molecule has 0 aliphatic carbocycles. The van der Waals surface area contributed by atoms with Gasteiger partial charge in [-0.2, -0.15) is 0 Å². The standard InChI is InChI=1S/C67H59N5O.Pt/c1-41-31-63(68-39-56(41)42-25-27-43(28-26-42)65(2,3)4)71-60-36-49(29-30-51(60)54-37-55-53-21-16-20-52-50-19-11-12-22-57(50)72(64(52)53)62(55)38-61(54)71)73-48-18-15-17-46(35-48)69-40-70(59-24-14-13-23-58(59)69)47-33-44(66(5,6)7)32-45(34-47)67(8,9)10;/h11-39H,1-10H3;/i1D3;. The predicted molar refractivity (Wildman–Crippen MR) is 305 cm³/mol. The van der Waals surface area contributed by atoms with Gasteiger partial charge in [-0.15, -0.1) is 0 Å². The second-order valence-corrected chi connectivity index (χ2v) is 24.2. The molecule has 0 unspecified atom stereocenters. The van der Waals surface area contributed by atoms with Crippen LogP contribution in [0.25, 0.3) is 99.3 Å². The molecule has 5 aromatic heterocycles. The van der Waals surface area contributed by atoms with Crippen LogP contribution in [0.5, 0.6) is 11.5 Å². The van der Waals surface area contributed by atoms with Crippen molar-refractivity contribution in [2.45, 2.75) is 85.4 Å². The number of hydrogen-bond donors (Lipinski definition) is 0. The Kier molecular flexibility index (Phi) is 9.56. The van der Waals surface area contributed by atoms with Crippen molar-refractivity contribution < 1.29 is 28.2 Å². The van der Waals surface area contributed by atoms with Gasteiger partial charge in [0.2, 0.25) is 0 Å². The van der Waals surface area contributed by atoms with Crippen LogP contribution in [0.1, 0.15) is 88.7 Å². The van der Waals surface area contributed by atoms with Crippen molar-refractivity contribution in [3.63, 3.8) is 0 Å². The van der Waals surface area contributed by atoms with Crippen LogP contribution < -0.4 is 4.74 Å². The molecule has 8 aromatic carbocycles. The summed E-state index contributed by atoms with van der Waals surface area (Å²) in [6, 6.07) is 59.9. The summed E-state index contributed by atoms with van der Waals surface area (Å²) < 4.78 is 43.9. The summed E-state index contributed by atoms with van der Waals surface area (Å²) >= 11 is 2.48. The van der Waals surface area contributed by atoms with Gasteiger partial charge < -0.3 is 4.40 Å². The van der Waals surface area contributed by atoms with Gasteiger partial charge in [0, 0.05) is 37.4 Å². The first kappa shape index (κ1) is 42.9. The number of aromatic nitrogens is 5. The minimum atomic E-state index is -2.43. The topological polar surface area (TPSA) is 41.3 Å². The van der Waals surface area contributed by atoms with Gasteiger partial charge in [0.05, 0.1) is 16.6 Å². The first-order chi connectivity index (χ1) is 36.6. The van der Waals surface area contributed by atoms with Crippen molar-refractivity contribution >= 4 is 70.9 Å². The molecule has 6 nitrogen and oxygen atoms in total. The summed E-state index contributed by atoms with van der Waals surface area (Å²) in [6.45, 7) is 17.8. The molecule has 0 bridgehead atoms. The van der Waals surface area contributed by atoms with Crippen LogP contribution in [0.3, 0.4) is 0 Å². The molecule has 13 rings (SSSR count). The van der Waals surface area contributed by atoms with Crippen LogP contribution >= 0.6 is 0 Å². The molecule has 0 fully saturated rings. The van der Waals surface area contributed by atoms with Gasteiger partial charge in [0.15, 0.2) is 0 Å². The van der Waals surface area contributed by atoms with Crippen molar-refractivity contribution in [2.24, 2.45) is 0 Å². The van der Waals surface area contributed by atoms with Crippen molar-refractivity contribution in [3.8, 4) is 39.8 Å². The van der Waals surface area contributed by atoms with Crippen LogP contribution in [-0.4, -0.2) is 23.1 Å². The van der Waals surface area contributed by atoms with Crippen LogP contribution in [0.15, 0.2) is 176 Å². The minimum Gasteiger partial charge on any atom is -0.0579 e. The average molecular weight is 1150 g/mol. The zero-order chi connectivity index (χ0) is 53.7. The van der Waals surface area contributed by atoms with Gasteiger partial charge in [0.1, 0.15) is 0 Å². The Morgan fingerprint density at radius 1 is 0.446 bits per heavy atom. The number of imidazole rings is 1. The Balaban J connectivity index is 0.983. The number of benzene rings is 8. The van der Waals surface area contributed by atoms with Gasteiger partial charge in [-0.25, -0.2) is 0 Å². The predicted octanol–water partition coefficient (Wildman–Crippen LogP) is 17.8. The van der Waals surface area contributed by atoms with E-state index in [0.717, 1.165) is 70.0 Å².